The van der Waals surface area contributed by atoms with Crippen molar-refractivity contribution in [2.75, 3.05) is 23.7 Å². The maximum absolute atomic E-state index is 6.12. The largest absolute Gasteiger partial charge is 0.369 e. The van der Waals surface area contributed by atoms with Crippen LogP contribution in [0.4, 0.5) is 5.69 Å². The molecule has 0 atom stereocenters. The van der Waals surface area contributed by atoms with Crippen LogP contribution in [0.3, 0.4) is 0 Å². The van der Waals surface area contributed by atoms with Crippen LogP contribution in [-0.2, 0) is 5.33 Å². The lowest BCUT2D eigenvalue weighted by molar-refractivity contribution is 0.646. The second-order valence-corrected chi connectivity index (χ2v) is 7.74. The molecule has 0 unspecified atom stereocenters. The normalized spacial score (nSPS) is 19.4. The topological polar surface area (TPSA) is 3.24 Å². The summed E-state index contributed by atoms with van der Waals surface area (Å²) in [5, 5.41) is 1.70. The third-order valence-corrected chi connectivity index (χ3v) is 5.09. The average Bonchev–Trinajstić information content (AvgIpc) is 2.27. The molecular formula is C13H17BrClNS. The number of rotatable bonds is 2. The molecule has 0 saturated carbocycles. The number of alkyl halides is 1. The molecule has 1 saturated heterocycles. The van der Waals surface area contributed by atoms with Crippen LogP contribution in [0.5, 0.6) is 0 Å². The van der Waals surface area contributed by atoms with Gasteiger partial charge < -0.3 is 4.90 Å². The number of halogens is 2. The summed E-state index contributed by atoms with van der Waals surface area (Å²) < 4.78 is 0.324. The van der Waals surface area contributed by atoms with Crippen LogP contribution in [0.2, 0.25) is 5.02 Å². The lowest BCUT2D eigenvalue weighted by atomic mass is 10.1. The Morgan fingerprint density at radius 1 is 1.47 bits per heavy atom. The van der Waals surface area contributed by atoms with Crippen LogP contribution in [-0.4, -0.2) is 23.6 Å². The molecule has 0 N–H and O–H groups in total. The summed E-state index contributed by atoms with van der Waals surface area (Å²) in [7, 11) is 0. The van der Waals surface area contributed by atoms with Gasteiger partial charge in [0.2, 0.25) is 0 Å². The van der Waals surface area contributed by atoms with Crippen molar-refractivity contribution >= 4 is 45.0 Å². The van der Waals surface area contributed by atoms with Gasteiger partial charge in [0.15, 0.2) is 0 Å². The van der Waals surface area contributed by atoms with Gasteiger partial charge in [-0.3, -0.25) is 0 Å². The summed E-state index contributed by atoms with van der Waals surface area (Å²) >= 11 is 11.7. The van der Waals surface area contributed by atoms with Crippen LogP contribution in [0.1, 0.15) is 19.4 Å². The molecule has 0 bridgehead atoms. The fraction of sp³-hybridized carbons (Fsp3) is 0.538. The number of thioether (sulfide) groups is 1. The fourth-order valence-electron chi connectivity index (χ4n) is 2.17. The van der Waals surface area contributed by atoms with Crippen LogP contribution in [0.25, 0.3) is 0 Å². The van der Waals surface area contributed by atoms with E-state index >= 15 is 0 Å². The first-order chi connectivity index (χ1) is 8.02. The average molecular weight is 335 g/mol. The molecule has 4 heteroatoms. The maximum Gasteiger partial charge on any atom is 0.0426 e. The van der Waals surface area contributed by atoms with Crippen molar-refractivity contribution < 1.29 is 0 Å². The van der Waals surface area contributed by atoms with Crippen LogP contribution < -0.4 is 4.90 Å². The van der Waals surface area contributed by atoms with Crippen molar-refractivity contribution in [1.82, 2.24) is 0 Å². The Morgan fingerprint density at radius 3 is 2.88 bits per heavy atom. The number of hydrogen-bond acceptors (Lipinski definition) is 2. The van der Waals surface area contributed by atoms with Crippen molar-refractivity contribution in [3.63, 3.8) is 0 Å². The van der Waals surface area contributed by atoms with Gasteiger partial charge in [0, 0.05) is 39.6 Å². The minimum atomic E-state index is 0.324. The lowest BCUT2D eigenvalue weighted by Crippen LogP contribution is -2.43. The van der Waals surface area contributed by atoms with E-state index in [9.17, 15) is 0 Å². The number of benzene rings is 1. The minimum Gasteiger partial charge on any atom is -0.369 e. The Balaban J connectivity index is 2.29. The fourth-order valence-corrected chi connectivity index (χ4v) is 3.92. The molecule has 0 spiro atoms. The third-order valence-electron chi connectivity index (χ3n) is 2.96. The van der Waals surface area contributed by atoms with Gasteiger partial charge in [-0.05, 0) is 31.5 Å². The van der Waals surface area contributed by atoms with E-state index in [1.165, 1.54) is 17.0 Å². The lowest BCUT2D eigenvalue weighted by Gasteiger charge is -2.39. The zero-order valence-corrected chi connectivity index (χ0v) is 13.3. The third kappa shape index (κ3) is 3.33. The molecule has 17 heavy (non-hydrogen) atoms. The zero-order chi connectivity index (χ0) is 12.5. The zero-order valence-electron chi connectivity index (χ0n) is 10.2. The minimum absolute atomic E-state index is 0.324. The van der Waals surface area contributed by atoms with E-state index in [0.717, 1.165) is 23.4 Å². The Labute approximate surface area is 121 Å². The van der Waals surface area contributed by atoms with Crippen LogP contribution in [0, 0.1) is 0 Å². The molecule has 1 fully saturated rings. The van der Waals surface area contributed by atoms with E-state index in [4.69, 9.17) is 11.6 Å². The van der Waals surface area contributed by atoms with Gasteiger partial charge in [-0.2, -0.15) is 11.8 Å². The summed E-state index contributed by atoms with van der Waals surface area (Å²) in [6, 6.07) is 6.16. The van der Waals surface area contributed by atoms with Crippen molar-refractivity contribution in [1.29, 1.82) is 0 Å². The second-order valence-electron chi connectivity index (χ2n) is 4.94. The molecule has 0 aliphatic carbocycles. The monoisotopic (exact) mass is 333 g/mol. The summed E-state index contributed by atoms with van der Waals surface area (Å²) in [5.41, 5.74) is 2.60. The summed E-state index contributed by atoms with van der Waals surface area (Å²) in [6.45, 7) is 6.80. The molecular weight excluding hydrogens is 318 g/mol. The summed E-state index contributed by atoms with van der Waals surface area (Å²) in [4.78, 5) is 2.46. The molecule has 1 heterocycles. The maximum atomic E-state index is 6.12. The van der Waals surface area contributed by atoms with E-state index in [1.807, 2.05) is 6.07 Å². The quantitative estimate of drug-likeness (QED) is 0.729. The van der Waals surface area contributed by atoms with Gasteiger partial charge in [0.1, 0.15) is 0 Å². The van der Waals surface area contributed by atoms with Gasteiger partial charge in [0.25, 0.3) is 0 Å². The van der Waals surface area contributed by atoms with Crippen molar-refractivity contribution in [3.05, 3.63) is 28.8 Å². The van der Waals surface area contributed by atoms with E-state index in [1.54, 1.807) is 0 Å². The SMILES string of the molecule is CC1(C)CN(c2cc(Cl)ccc2CBr)CCS1. The van der Waals surface area contributed by atoms with E-state index in [-0.39, 0.29) is 0 Å². The van der Waals surface area contributed by atoms with Gasteiger partial charge in [-0.1, -0.05) is 33.6 Å². The Kier molecular flexibility index (Phi) is 4.32. The molecule has 94 valence electrons. The number of hydrogen-bond donors (Lipinski definition) is 0. The van der Waals surface area contributed by atoms with Crippen molar-refractivity contribution in [2.45, 2.75) is 23.9 Å². The first kappa shape index (κ1) is 13.6. The van der Waals surface area contributed by atoms with Crippen LogP contribution >= 0.6 is 39.3 Å². The Bertz CT molecular complexity index is 408. The smallest absolute Gasteiger partial charge is 0.0426 e. The predicted octanol–water partition coefficient (Wildman–Crippen LogP) is 4.57. The summed E-state index contributed by atoms with van der Waals surface area (Å²) in [5.74, 6) is 1.18. The standard InChI is InChI=1S/C13H17BrClNS/c1-13(2)9-16(5-6-17-13)12-7-11(15)4-3-10(12)8-14/h3-4,7H,5-6,8-9H2,1-2H3. The first-order valence-corrected chi connectivity index (χ1v) is 8.24. The predicted molar refractivity (Wildman–Crippen MR) is 82.8 cm³/mol. The highest BCUT2D eigenvalue weighted by atomic mass is 79.9. The highest BCUT2D eigenvalue weighted by molar-refractivity contribution is 9.08. The molecule has 0 radical (unpaired) electrons. The number of nitrogens with zero attached hydrogens (tertiary/aromatic N) is 1. The molecule has 1 aliphatic heterocycles. The van der Waals surface area contributed by atoms with E-state index < -0.39 is 0 Å². The van der Waals surface area contributed by atoms with Crippen molar-refractivity contribution in [2.24, 2.45) is 0 Å². The van der Waals surface area contributed by atoms with Crippen LogP contribution in [0.15, 0.2) is 18.2 Å². The van der Waals surface area contributed by atoms with Gasteiger partial charge in [-0.25, -0.2) is 0 Å². The van der Waals surface area contributed by atoms with E-state index in [0.29, 0.717) is 4.75 Å². The molecule has 1 aromatic rings. The molecule has 1 aliphatic rings. The molecule has 0 aromatic heterocycles. The van der Waals surface area contributed by atoms with E-state index in [2.05, 4.69) is 58.6 Å². The van der Waals surface area contributed by atoms with Gasteiger partial charge in [0.05, 0.1) is 0 Å². The first-order valence-electron chi connectivity index (χ1n) is 5.75. The second kappa shape index (κ2) is 5.41. The highest BCUT2D eigenvalue weighted by Crippen LogP contribution is 2.35. The molecule has 1 nitrogen and oxygen atoms in total. The Hall–Kier alpha value is 0.140. The molecule has 2 rings (SSSR count). The van der Waals surface area contributed by atoms with Gasteiger partial charge in [-0.15, -0.1) is 0 Å². The number of anilines is 1. The molecule has 1 aromatic carbocycles. The molecule has 0 amide bonds. The summed E-state index contributed by atoms with van der Waals surface area (Å²) in [6.07, 6.45) is 0. The highest BCUT2D eigenvalue weighted by Gasteiger charge is 2.28. The van der Waals surface area contributed by atoms with Gasteiger partial charge >= 0.3 is 0 Å². The Morgan fingerprint density at radius 2 is 2.24 bits per heavy atom. The van der Waals surface area contributed by atoms with Crippen molar-refractivity contribution in [3.8, 4) is 0 Å².